The summed E-state index contributed by atoms with van der Waals surface area (Å²) in [4.78, 5) is 26.6. The minimum Gasteiger partial charge on any atom is -0.493 e. The molecule has 1 aliphatic heterocycles. The van der Waals surface area contributed by atoms with Crippen LogP contribution in [0.5, 0.6) is 11.5 Å². The number of hydrogen-bond acceptors (Lipinski definition) is 4. The van der Waals surface area contributed by atoms with Crippen molar-refractivity contribution in [2.24, 2.45) is 5.92 Å². The second-order valence-electron chi connectivity index (χ2n) is 6.80. The number of carbonyl (C=O) groups excluding carboxylic acids is 2. The number of halogens is 2. The van der Waals surface area contributed by atoms with Gasteiger partial charge in [0, 0.05) is 0 Å². The second kappa shape index (κ2) is 7.09. The van der Waals surface area contributed by atoms with Gasteiger partial charge in [0.25, 0.3) is 5.91 Å². The lowest BCUT2D eigenvalue weighted by atomic mass is 9.73. The van der Waals surface area contributed by atoms with Crippen molar-refractivity contribution in [1.29, 1.82) is 0 Å². The summed E-state index contributed by atoms with van der Waals surface area (Å²) >= 11 is 0. The Bertz CT molecular complexity index is 712. The minimum atomic E-state index is -2.96. The largest absolute Gasteiger partial charge is 0.493 e. The van der Waals surface area contributed by atoms with E-state index in [4.69, 9.17) is 4.74 Å². The highest BCUT2D eigenvalue weighted by Crippen LogP contribution is 2.39. The number of nitrogens with one attached hydrogen (secondary N) is 1. The average molecular weight is 368 g/mol. The Labute approximate surface area is 150 Å². The third-order valence-electron chi connectivity index (χ3n) is 5.29. The molecule has 3 amide bonds. The fourth-order valence-corrected chi connectivity index (χ4v) is 3.83. The Balaban J connectivity index is 1.80. The fourth-order valence-electron chi connectivity index (χ4n) is 3.83. The maximum absolute atomic E-state index is 13.0. The van der Waals surface area contributed by atoms with E-state index in [1.54, 1.807) is 0 Å². The molecule has 2 fully saturated rings. The number of nitrogens with zero attached hydrogens (tertiary/aromatic N) is 1. The van der Waals surface area contributed by atoms with Gasteiger partial charge in [-0.3, -0.25) is 9.69 Å². The van der Waals surface area contributed by atoms with E-state index in [2.05, 4.69) is 10.1 Å². The van der Waals surface area contributed by atoms with Crippen LogP contribution in [0.15, 0.2) is 18.2 Å². The number of rotatable bonds is 5. The molecule has 26 heavy (non-hydrogen) atoms. The predicted octanol–water partition coefficient (Wildman–Crippen LogP) is 3.30. The molecule has 1 saturated carbocycles. The molecule has 6 nitrogen and oxygen atoms in total. The Morgan fingerprint density at radius 1 is 1.31 bits per heavy atom. The molecular formula is C18H22F2N2O4. The number of imide groups is 1. The van der Waals surface area contributed by atoms with Gasteiger partial charge in [0.1, 0.15) is 5.54 Å². The van der Waals surface area contributed by atoms with E-state index in [0.717, 1.165) is 19.3 Å². The van der Waals surface area contributed by atoms with Gasteiger partial charge in [-0.1, -0.05) is 25.8 Å². The van der Waals surface area contributed by atoms with Crippen LogP contribution in [0.3, 0.4) is 0 Å². The van der Waals surface area contributed by atoms with E-state index in [1.807, 2.05) is 6.92 Å². The molecule has 1 aromatic carbocycles. The maximum Gasteiger partial charge on any atom is 0.387 e. The Morgan fingerprint density at radius 3 is 2.73 bits per heavy atom. The van der Waals surface area contributed by atoms with Crippen molar-refractivity contribution in [3.8, 4) is 11.5 Å². The summed E-state index contributed by atoms with van der Waals surface area (Å²) in [7, 11) is 1.34. The van der Waals surface area contributed by atoms with Crippen LogP contribution < -0.4 is 14.8 Å². The van der Waals surface area contributed by atoms with Gasteiger partial charge < -0.3 is 14.8 Å². The zero-order valence-corrected chi connectivity index (χ0v) is 14.8. The van der Waals surface area contributed by atoms with Crippen molar-refractivity contribution >= 4 is 11.9 Å². The maximum atomic E-state index is 13.0. The molecule has 142 valence electrons. The molecule has 1 aromatic rings. The SMILES string of the molecule is COc1cc(CN2C(=O)NC3(CCCCC3C)C2=O)ccc1OC(F)F. The lowest BCUT2D eigenvalue weighted by Crippen LogP contribution is -2.53. The molecule has 0 bridgehead atoms. The van der Waals surface area contributed by atoms with Gasteiger partial charge in [0.05, 0.1) is 13.7 Å². The summed E-state index contributed by atoms with van der Waals surface area (Å²) < 4.78 is 34.3. The third-order valence-corrected chi connectivity index (χ3v) is 5.29. The summed E-state index contributed by atoms with van der Waals surface area (Å²) in [6.45, 7) is -0.932. The topological polar surface area (TPSA) is 67.9 Å². The molecule has 8 heteroatoms. The summed E-state index contributed by atoms with van der Waals surface area (Å²) in [5.41, 5.74) is -0.231. The summed E-state index contributed by atoms with van der Waals surface area (Å²) in [6.07, 6.45) is 3.49. The van der Waals surface area contributed by atoms with Gasteiger partial charge >= 0.3 is 12.6 Å². The molecule has 1 spiro atoms. The van der Waals surface area contributed by atoms with E-state index in [-0.39, 0.29) is 29.9 Å². The molecule has 2 aliphatic rings. The zero-order chi connectivity index (χ0) is 18.9. The number of carbonyl (C=O) groups is 2. The third kappa shape index (κ3) is 3.20. The van der Waals surface area contributed by atoms with Crippen LogP contribution in [0.2, 0.25) is 0 Å². The van der Waals surface area contributed by atoms with Crippen LogP contribution in [0.1, 0.15) is 38.2 Å². The van der Waals surface area contributed by atoms with Gasteiger partial charge in [0.15, 0.2) is 11.5 Å². The van der Waals surface area contributed by atoms with E-state index >= 15 is 0 Å². The molecule has 1 heterocycles. The van der Waals surface area contributed by atoms with Gasteiger partial charge in [-0.15, -0.1) is 0 Å². The predicted molar refractivity (Wildman–Crippen MR) is 89.1 cm³/mol. The van der Waals surface area contributed by atoms with E-state index in [1.165, 1.54) is 30.2 Å². The van der Waals surface area contributed by atoms with Gasteiger partial charge in [-0.05, 0) is 36.5 Å². The standard InChI is InChI=1S/C18H22F2N2O4/c1-11-5-3-4-8-18(11)15(23)22(17(24)21-18)10-12-6-7-13(26-16(19)20)14(9-12)25-2/h6-7,9,11,16H,3-5,8,10H2,1-2H3,(H,21,24). The van der Waals surface area contributed by atoms with Gasteiger partial charge in [-0.2, -0.15) is 8.78 Å². The fraction of sp³-hybridized carbons (Fsp3) is 0.556. The quantitative estimate of drug-likeness (QED) is 0.810. The van der Waals surface area contributed by atoms with Crippen LogP contribution in [-0.2, 0) is 11.3 Å². The van der Waals surface area contributed by atoms with Crippen molar-refractivity contribution in [2.75, 3.05) is 7.11 Å². The van der Waals surface area contributed by atoms with Crippen molar-refractivity contribution in [3.63, 3.8) is 0 Å². The molecule has 1 N–H and O–H groups in total. The van der Waals surface area contributed by atoms with Crippen LogP contribution in [0.25, 0.3) is 0 Å². The Kier molecular flexibility index (Phi) is 5.02. The lowest BCUT2D eigenvalue weighted by molar-refractivity contribution is -0.134. The van der Waals surface area contributed by atoms with Gasteiger partial charge in [-0.25, -0.2) is 4.79 Å². The number of methoxy groups -OCH3 is 1. The Morgan fingerprint density at radius 2 is 2.08 bits per heavy atom. The van der Waals surface area contributed by atoms with E-state index in [0.29, 0.717) is 12.0 Å². The number of alkyl halides is 2. The van der Waals surface area contributed by atoms with Crippen molar-refractivity contribution in [3.05, 3.63) is 23.8 Å². The number of urea groups is 1. The molecule has 1 saturated heterocycles. The van der Waals surface area contributed by atoms with E-state index in [9.17, 15) is 18.4 Å². The number of hydrogen-bond donors (Lipinski definition) is 1. The minimum absolute atomic E-state index is 0.0461. The van der Waals surface area contributed by atoms with E-state index < -0.39 is 18.2 Å². The smallest absolute Gasteiger partial charge is 0.387 e. The number of ether oxygens (including phenoxy) is 2. The van der Waals surface area contributed by atoms with Gasteiger partial charge in [0.2, 0.25) is 0 Å². The zero-order valence-electron chi connectivity index (χ0n) is 14.8. The molecular weight excluding hydrogens is 346 g/mol. The summed E-state index contributed by atoms with van der Waals surface area (Å²) in [5, 5.41) is 2.89. The molecule has 2 atom stereocenters. The number of amides is 3. The summed E-state index contributed by atoms with van der Waals surface area (Å²) in [6, 6.07) is 3.96. The first-order valence-corrected chi connectivity index (χ1v) is 8.63. The lowest BCUT2D eigenvalue weighted by Gasteiger charge is -2.36. The second-order valence-corrected chi connectivity index (χ2v) is 6.80. The average Bonchev–Trinajstić information content (AvgIpc) is 2.83. The molecule has 0 aromatic heterocycles. The van der Waals surface area contributed by atoms with Crippen molar-refractivity contribution in [2.45, 2.75) is 51.3 Å². The van der Waals surface area contributed by atoms with Crippen LogP contribution in [0, 0.1) is 5.92 Å². The normalized spacial score (nSPS) is 25.7. The monoisotopic (exact) mass is 368 g/mol. The molecule has 3 rings (SSSR count). The highest BCUT2D eigenvalue weighted by Gasteiger charge is 2.54. The molecule has 1 aliphatic carbocycles. The van der Waals surface area contributed by atoms with Crippen molar-refractivity contribution in [1.82, 2.24) is 10.2 Å². The molecule has 0 radical (unpaired) electrons. The van der Waals surface area contributed by atoms with Crippen LogP contribution in [0.4, 0.5) is 13.6 Å². The Hall–Kier alpha value is -2.38. The summed E-state index contributed by atoms with van der Waals surface area (Å²) in [5.74, 6) is -0.118. The molecule has 2 unspecified atom stereocenters. The highest BCUT2D eigenvalue weighted by molar-refractivity contribution is 6.07. The van der Waals surface area contributed by atoms with Crippen LogP contribution >= 0.6 is 0 Å². The van der Waals surface area contributed by atoms with Crippen molar-refractivity contribution < 1.29 is 27.8 Å². The first-order chi connectivity index (χ1) is 12.4. The highest BCUT2D eigenvalue weighted by atomic mass is 19.3. The number of benzene rings is 1. The van der Waals surface area contributed by atoms with Crippen LogP contribution in [-0.4, -0.2) is 36.1 Å². The first-order valence-electron chi connectivity index (χ1n) is 8.63. The first kappa shape index (κ1) is 18.4.